The number of anilines is 1. The van der Waals surface area contributed by atoms with Crippen molar-refractivity contribution in [2.75, 3.05) is 5.32 Å². The first-order valence-corrected chi connectivity index (χ1v) is 6.89. The minimum Gasteiger partial charge on any atom is -0.358 e. The Morgan fingerprint density at radius 1 is 1.40 bits per heavy atom. The second-order valence-electron chi connectivity index (χ2n) is 4.56. The number of nitrogens with zero attached hydrogens (tertiary/aromatic N) is 2. The molecule has 1 atom stereocenters. The third-order valence-electron chi connectivity index (χ3n) is 2.90. The van der Waals surface area contributed by atoms with E-state index in [9.17, 15) is 10.1 Å². The average molecular weight is 336 g/mol. The highest BCUT2D eigenvalue weighted by molar-refractivity contribution is 9.10. The van der Waals surface area contributed by atoms with E-state index in [0.29, 0.717) is 0 Å². The van der Waals surface area contributed by atoms with Crippen molar-refractivity contribution in [2.45, 2.75) is 19.9 Å². The molecule has 0 spiro atoms. The average Bonchev–Trinajstić information content (AvgIpc) is 2.40. The second-order valence-corrected chi connectivity index (χ2v) is 5.47. The summed E-state index contributed by atoms with van der Waals surface area (Å²) in [4.78, 5) is 14.8. The topological polar surface area (TPSA) is 68.1 Å². The SMILES string of the molecule is Cc1cnc(NC(C)c2cccc(Br)c2)c([N+](=O)[O-])c1. The summed E-state index contributed by atoms with van der Waals surface area (Å²) >= 11 is 3.41. The molecule has 6 heteroatoms. The molecule has 5 nitrogen and oxygen atoms in total. The Hall–Kier alpha value is -1.95. The predicted octanol–water partition coefficient (Wildman–Crippen LogP) is 4.23. The molecule has 1 aromatic heterocycles. The van der Waals surface area contributed by atoms with Crippen LogP contribution in [0.3, 0.4) is 0 Å². The zero-order valence-electron chi connectivity index (χ0n) is 11.1. The minimum atomic E-state index is -0.421. The van der Waals surface area contributed by atoms with Gasteiger partial charge >= 0.3 is 5.69 Å². The summed E-state index contributed by atoms with van der Waals surface area (Å²) in [7, 11) is 0. The zero-order chi connectivity index (χ0) is 14.7. The van der Waals surface area contributed by atoms with Crippen LogP contribution in [0.1, 0.15) is 24.1 Å². The summed E-state index contributed by atoms with van der Waals surface area (Å²) in [5, 5.41) is 14.2. The highest BCUT2D eigenvalue weighted by Crippen LogP contribution is 2.27. The van der Waals surface area contributed by atoms with Crippen molar-refractivity contribution < 1.29 is 4.92 Å². The minimum absolute atomic E-state index is 0.00755. The molecule has 0 aliphatic rings. The number of nitro groups is 1. The molecule has 1 N–H and O–H groups in total. The van der Waals surface area contributed by atoms with Gasteiger partial charge in [0.1, 0.15) is 0 Å². The highest BCUT2D eigenvalue weighted by atomic mass is 79.9. The fraction of sp³-hybridized carbons (Fsp3) is 0.214. The van der Waals surface area contributed by atoms with Crippen LogP contribution < -0.4 is 5.32 Å². The summed E-state index contributed by atoms with van der Waals surface area (Å²) in [5.74, 6) is 0.285. The van der Waals surface area contributed by atoms with Crippen molar-refractivity contribution in [3.63, 3.8) is 0 Å². The number of benzene rings is 1. The lowest BCUT2D eigenvalue weighted by molar-refractivity contribution is -0.384. The van der Waals surface area contributed by atoms with E-state index in [4.69, 9.17) is 0 Å². The monoisotopic (exact) mass is 335 g/mol. The first-order chi connectivity index (χ1) is 9.47. The zero-order valence-corrected chi connectivity index (χ0v) is 12.7. The van der Waals surface area contributed by atoms with Crippen molar-refractivity contribution in [3.8, 4) is 0 Å². The Labute approximate surface area is 125 Å². The molecule has 0 aliphatic heterocycles. The van der Waals surface area contributed by atoms with Gasteiger partial charge in [-0.3, -0.25) is 10.1 Å². The smallest absolute Gasteiger partial charge is 0.311 e. The summed E-state index contributed by atoms with van der Waals surface area (Å²) in [6.45, 7) is 3.72. The van der Waals surface area contributed by atoms with Crippen molar-refractivity contribution in [1.29, 1.82) is 0 Å². The molecule has 1 aromatic carbocycles. The van der Waals surface area contributed by atoms with E-state index in [-0.39, 0.29) is 17.5 Å². The van der Waals surface area contributed by atoms with Gasteiger partial charge in [0.05, 0.1) is 11.0 Å². The normalized spacial score (nSPS) is 11.9. The number of aryl methyl sites for hydroxylation is 1. The maximum absolute atomic E-state index is 11.1. The predicted molar refractivity (Wildman–Crippen MR) is 81.8 cm³/mol. The van der Waals surface area contributed by atoms with Crippen LogP contribution in [0.4, 0.5) is 11.5 Å². The van der Waals surface area contributed by atoms with E-state index < -0.39 is 4.92 Å². The number of rotatable bonds is 4. The van der Waals surface area contributed by atoms with Gasteiger partial charge in [-0.15, -0.1) is 0 Å². The van der Waals surface area contributed by atoms with Crippen molar-refractivity contribution in [1.82, 2.24) is 4.98 Å². The Balaban J connectivity index is 2.28. The Kier molecular flexibility index (Phi) is 4.34. The second kappa shape index (κ2) is 6.00. The van der Waals surface area contributed by atoms with Gasteiger partial charge in [0.25, 0.3) is 0 Å². The first kappa shape index (κ1) is 14.5. The van der Waals surface area contributed by atoms with Crippen LogP contribution in [0.25, 0.3) is 0 Å². The molecule has 0 aliphatic carbocycles. The first-order valence-electron chi connectivity index (χ1n) is 6.10. The number of hydrogen-bond acceptors (Lipinski definition) is 4. The molecule has 0 radical (unpaired) electrons. The Morgan fingerprint density at radius 3 is 2.80 bits per heavy atom. The van der Waals surface area contributed by atoms with Crippen LogP contribution in [0.5, 0.6) is 0 Å². The van der Waals surface area contributed by atoms with Crippen LogP contribution in [-0.2, 0) is 0 Å². The highest BCUT2D eigenvalue weighted by Gasteiger charge is 2.17. The van der Waals surface area contributed by atoms with Crippen LogP contribution in [0.2, 0.25) is 0 Å². The quantitative estimate of drug-likeness (QED) is 0.670. The van der Waals surface area contributed by atoms with Gasteiger partial charge in [-0.25, -0.2) is 4.98 Å². The van der Waals surface area contributed by atoms with E-state index in [1.807, 2.05) is 31.2 Å². The third kappa shape index (κ3) is 3.33. The number of pyridine rings is 1. The molecule has 1 heterocycles. The molecule has 2 aromatic rings. The standard InChI is InChI=1S/C14H14BrN3O2/c1-9-6-13(18(19)20)14(16-8-9)17-10(2)11-4-3-5-12(15)7-11/h3-8,10H,1-2H3,(H,16,17). The van der Waals surface area contributed by atoms with Crippen LogP contribution in [-0.4, -0.2) is 9.91 Å². The lowest BCUT2D eigenvalue weighted by Crippen LogP contribution is -2.10. The molecule has 2 rings (SSSR count). The number of nitrogens with one attached hydrogen (secondary N) is 1. The van der Waals surface area contributed by atoms with Crippen LogP contribution in [0.15, 0.2) is 41.0 Å². The van der Waals surface area contributed by atoms with E-state index in [1.54, 1.807) is 13.1 Å². The molecule has 20 heavy (non-hydrogen) atoms. The molecule has 0 saturated heterocycles. The van der Waals surface area contributed by atoms with Crippen LogP contribution >= 0.6 is 15.9 Å². The van der Waals surface area contributed by atoms with E-state index in [0.717, 1.165) is 15.6 Å². The molecular weight excluding hydrogens is 322 g/mol. The molecule has 0 saturated carbocycles. The van der Waals surface area contributed by atoms with Gasteiger partial charge in [-0.1, -0.05) is 28.1 Å². The summed E-state index contributed by atoms with van der Waals surface area (Å²) in [5.41, 5.74) is 1.78. The van der Waals surface area contributed by atoms with E-state index >= 15 is 0 Å². The number of aromatic nitrogens is 1. The maximum atomic E-state index is 11.1. The summed E-state index contributed by atoms with van der Waals surface area (Å²) < 4.78 is 0.968. The molecule has 0 fully saturated rings. The van der Waals surface area contributed by atoms with Gasteiger partial charge in [0, 0.05) is 16.7 Å². The number of hydrogen-bond donors (Lipinski definition) is 1. The van der Waals surface area contributed by atoms with Crippen molar-refractivity contribution >= 4 is 27.4 Å². The maximum Gasteiger partial charge on any atom is 0.311 e. The Bertz CT molecular complexity index is 646. The van der Waals surface area contributed by atoms with Gasteiger partial charge < -0.3 is 5.32 Å². The molecule has 0 bridgehead atoms. The van der Waals surface area contributed by atoms with Crippen LogP contribution in [0, 0.1) is 17.0 Å². The summed E-state index contributed by atoms with van der Waals surface area (Å²) in [6.07, 6.45) is 1.61. The largest absolute Gasteiger partial charge is 0.358 e. The number of halogens is 1. The lowest BCUT2D eigenvalue weighted by Gasteiger charge is -2.15. The summed E-state index contributed by atoms with van der Waals surface area (Å²) in [6, 6.07) is 9.22. The Morgan fingerprint density at radius 2 is 2.15 bits per heavy atom. The van der Waals surface area contributed by atoms with Crippen molar-refractivity contribution in [2.24, 2.45) is 0 Å². The molecular formula is C14H14BrN3O2. The molecule has 0 amide bonds. The van der Waals surface area contributed by atoms with Gasteiger partial charge in [0.15, 0.2) is 0 Å². The lowest BCUT2D eigenvalue weighted by atomic mass is 10.1. The van der Waals surface area contributed by atoms with E-state index in [1.165, 1.54) is 6.07 Å². The fourth-order valence-corrected chi connectivity index (χ4v) is 2.29. The van der Waals surface area contributed by atoms with Gasteiger partial charge in [-0.05, 0) is 37.1 Å². The van der Waals surface area contributed by atoms with Gasteiger partial charge in [-0.2, -0.15) is 0 Å². The molecule has 104 valence electrons. The van der Waals surface area contributed by atoms with Gasteiger partial charge in [0.2, 0.25) is 5.82 Å². The van der Waals surface area contributed by atoms with E-state index in [2.05, 4.69) is 26.2 Å². The third-order valence-corrected chi connectivity index (χ3v) is 3.40. The molecule has 1 unspecified atom stereocenters. The van der Waals surface area contributed by atoms with Crippen molar-refractivity contribution in [3.05, 3.63) is 62.2 Å². The fourth-order valence-electron chi connectivity index (χ4n) is 1.87.